The van der Waals surface area contributed by atoms with Crippen LogP contribution in [0.4, 0.5) is 0 Å². The number of tetrazole rings is 1. The third kappa shape index (κ3) is 2.57. The van der Waals surface area contributed by atoms with Gasteiger partial charge in [0, 0.05) is 23.3 Å². The van der Waals surface area contributed by atoms with Crippen LogP contribution in [-0.2, 0) is 0 Å². The number of aromatic amines is 1. The molecule has 2 aromatic carbocycles. The van der Waals surface area contributed by atoms with E-state index in [4.69, 9.17) is 0 Å². The number of hydrogen-bond donors (Lipinski definition) is 1. The summed E-state index contributed by atoms with van der Waals surface area (Å²) in [4.78, 5) is 5.41. The molecule has 0 fully saturated rings. The highest BCUT2D eigenvalue weighted by atomic mass is 32.1. The Morgan fingerprint density at radius 1 is 0.808 bits per heavy atom. The third-order valence-electron chi connectivity index (χ3n) is 4.29. The fourth-order valence-corrected chi connectivity index (χ4v) is 4.05. The van der Waals surface area contributed by atoms with Crippen LogP contribution in [0.15, 0.2) is 73.1 Å². The molecule has 0 saturated carbocycles. The molecule has 0 atom stereocenters. The molecule has 124 valence electrons. The molecule has 0 aliphatic heterocycles. The first-order chi connectivity index (χ1) is 12.9. The molecule has 5 aromatic rings. The molecule has 0 saturated heterocycles. The quantitative estimate of drug-likeness (QED) is 0.504. The van der Waals surface area contributed by atoms with E-state index in [2.05, 4.69) is 80.2 Å². The van der Waals surface area contributed by atoms with Gasteiger partial charge in [-0.3, -0.25) is 4.98 Å². The van der Waals surface area contributed by atoms with E-state index in [9.17, 15) is 0 Å². The number of hydrogen-bond acceptors (Lipinski definition) is 5. The van der Waals surface area contributed by atoms with Crippen LogP contribution in [0.25, 0.3) is 43.0 Å². The number of thiophene rings is 1. The Kier molecular flexibility index (Phi) is 3.54. The first-order valence-electron chi connectivity index (χ1n) is 8.16. The molecule has 0 amide bonds. The minimum Gasteiger partial charge on any atom is -0.263 e. The SMILES string of the molecule is c1ccc(-c2cccc(-c3cncc4sc(-c5nn[nH]n5)cc34)c2)cc1. The number of pyridine rings is 1. The molecule has 5 nitrogen and oxygen atoms in total. The van der Waals surface area contributed by atoms with Crippen molar-refractivity contribution < 1.29 is 0 Å². The first kappa shape index (κ1) is 14.9. The zero-order valence-electron chi connectivity index (χ0n) is 13.6. The Morgan fingerprint density at radius 2 is 1.65 bits per heavy atom. The van der Waals surface area contributed by atoms with E-state index in [1.165, 1.54) is 11.1 Å². The van der Waals surface area contributed by atoms with Crippen LogP contribution in [0, 0.1) is 0 Å². The average molecular weight is 355 g/mol. The summed E-state index contributed by atoms with van der Waals surface area (Å²) >= 11 is 1.62. The molecular formula is C20H13N5S. The molecule has 3 heterocycles. The molecule has 3 aromatic heterocycles. The van der Waals surface area contributed by atoms with E-state index in [1.54, 1.807) is 11.3 Å². The average Bonchev–Trinajstić information content (AvgIpc) is 3.38. The van der Waals surface area contributed by atoms with Crippen LogP contribution in [0.5, 0.6) is 0 Å². The van der Waals surface area contributed by atoms with Gasteiger partial charge in [0.2, 0.25) is 5.82 Å². The molecule has 0 bridgehead atoms. The Balaban J connectivity index is 1.65. The third-order valence-corrected chi connectivity index (χ3v) is 5.36. The molecule has 6 heteroatoms. The normalized spacial score (nSPS) is 11.1. The molecular weight excluding hydrogens is 342 g/mol. The molecule has 1 N–H and O–H groups in total. The van der Waals surface area contributed by atoms with E-state index in [-0.39, 0.29) is 0 Å². The van der Waals surface area contributed by atoms with E-state index in [1.807, 2.05) is 18.5 Å². The van der Waals surface area contributed by atoms with E-state index in [0.717, 1.165) is 26.1 Å². The second kappa shape index (κ2) is 6.16. The summed E-state index contributed by atoms with van der Waals surface area (Å²) in [5.41, 5.74) is 4.63. The number of H-pyrrole nitrogens is 1. The highest BCUT2D eigenvalue weighted by Crippen LogP contribution is 2.37. The van der Waals surface area contributed by atoms with Crippen molar-refractivity contribution in [3.05, 3.63) is 73.1 Å². The fourth-order valence-electron chi connectivity index (χ4n) is 3.06. The molecule has 0 aliphatic carbocycles. The number of fused-ring (bicyclic) bond motifs is 1. The monoisotopic (exact) mass is 355 g/mol. The molecule has 0 radical (unpaired) electrons. The fraction of sp³-hybridized carbons (Fsp3) is 0. The lowest BCUT2D eigenvalue weighted by Crippen LogP contribution is -1.83. The molecule has 0 aliphatic rings. The number of nitrogens with one attached hydrogen (secondary N) is 1. The van der Waals surface area contributed by atoms with Crippen LogP contribution in [0.2, 0.25) is 0 Å². The highest BCUT2D eigenvalue weighted by Gasteiger charge is 2.12. The topological polar surface area (TPSA) is 67.3 Å². The Bertz CT molecular complexity index is 1180. The van der Waals surface area contributed by atoms with E-state index in [0.29, 0.717) is 5.82 Å². The maximum Gasteiger partial charge on any atom is 0.214 e. The van der Waals surface area contributed by atoms with Gasteiger partial charge in [-0.2, -0.15) is 5.21 Å². The van der Waals surface area contributed by atoms with Gasteiger partial charge in [0.05, 0.1) is 9.58 Å². The van der Waals surface area contributed by atoms with Gasteiger partial charge >= 0.3 is 0 Å². The maximum atomic E-state index is 4.43. The largest absolute Gasteiger partial charge is 0.263 e. The van der Waals surface area contributed by atoms with Crippen molar-refractivity contribution >= 4 is 21.4 Å². The van der Waals surface area contributed by atoms with Crippen molar-refractivity contribution in [2.75, 3.05) is 0 Å². The van der Waals surface area contributed by atoms with Crippen LogP contribution in [0.3, 0.4) is 0 Å². The first-order valence-corrected chi connectivity index (χ1v) is 8.97. The lowest BCUT2D eigenvalue weighted by molar-refractivity contribution is 0.881. The van der Waals surface area contributed by atoms with Crippen LogP contribution in [0.1, 0.15) is 0 Å². The van der Waals surface area contributed by atoms with Crippen LogP contribution in [-0.4, -0.2) is 25.6 Å². The van der Waals surface area contributed by atoms with Gasteiger partial charge in [-0.1, -0.05) is 48.5 Å². The van der Waals surface area contributed by atoms with Gasteiger partial charge in [-0.05, 0) is 34.0 Å². The number of rotatable bonds is 3. The van der Waals surface area contributed by atoms with Crippen molar-refractivity contribution in [3.63, 3.8) is 0 Å². The predicted octanol–water partition coefficient (Wildman–Crippen LogP) is 4.81. The van der Waals surface area contributed by atoms with Gasteiger partial charge < -0.3 is 0 Å². The van der Waals surface area contributed by atoms with Crippen molar-refractivity contribution in [1.29, 1.82) is 0 Å². The van der Waals surface area contributed by atoms with Crippen molar-refractivity contribution in [2.24, 2.45) is 0 Å². The van der Waals surface area contributed by atoms with Gasteiger partial charge in [-0.25, -0.2) is 0 Å². The second-order valence-corrected chi connectivity index (χ2v) is 6.98. The van der Waals surface area contributed by atoms with Crippen molar-refractivity contribution in [1.82, 2.24) is 25.6 Å². The van der Waals surface area contributed by atoms with Gasteiger partial charge in [0.1, 0.15) is 0 Å². The summed E-state index contributed by atoms with van der Waals surface area (Å²) in [6.45, 7) is 0. The maximum absolute atomic E-state index is 4.43. The van der Waals surface area contributed by atoms with E-state index < -0.39 is 0 Å². The van der Waals surface area contributed by atoms with Gasteiger partial charge in [-0.15, -0.1) is 21.5 Å². The zero-order chi connectivity index (χ0) is 17.3. The van der Waals surface area contributed by atoms with Crippen molar-refractivity contribution in [3.8, 4) is 33.0 Å². The highest BCUT2D eigenvalue weighted by molar-refractivity contribution is 7.22. The van der Waals surface area contributed by atoms with Crippen LogP contribution >= 0.6 is 11.3 Å². The van der Waals surface area contributed by atoms with Gasteiger partial charge in [0.25, 0.3) is 0 Å². The molecule has 26 heavy (non-hydrogen) atoms. The Hall–Kier alpha value is -3.38. The zero-order valence-corrected chi connectivity index (χ0v) is 14.4. The number of aromatic nitrogens is 5. The number of benzene rings is 2. The van der Waals surface area contributed by atoms with E-state index >= 15 is 0 Å². The predicted molar refractivity (Wildman–Crippen MR) is 104 cm³/mol. The summed E-state index contributed by atoms with van der Waals surface area (Å²) in [5.74, 6) is 0.607. The summed E-state index contributed by atoms with van der Waals surface area (Å²) in [6.07, 6.45) is 3.80. The molecule has 5 rings (SSSR count). The Labute approximate surface area is 153 Å². The van der Waals surface area contributed by atoms with Crippen molar-refractivity contribution in [2.45, 2.75) is 0 Å². The standard InChI is InChI=1S/C20H13N5S/c1-2-5-13(6-3-1)14-7-4-8-15(9-14)17-11-21-12-19-16(17)10-18(26-19)20-22-24-25-23-20/h1-12H,(H,22,23,24,25). The molecule has 0 spiro atoms. The second-order valence-electron chi connectivity index (χ2n) is 5.89. The minimum absolute atomic E-state index is 0.607. The Morgan fingerprint density at radius 3 is 2.50 bits per heavy atom. The number of nitrogens with zero attached hydrogens (tertiary/aromatic N) is 4. The summed E-state index contributed by atoms with van der Waals surface area (Å²) < 4.78 is 1.10. The van der Waals surface area contributed by atoms with Crippen LogP contribution < -0.4 is 0 Å². The smallest absolute Gasteiger partial charge is 0.214 e. The summed E-state index contributed by atoms with van der Waals surface area (Å²) in [5, 5.41) is 15.5. The lowest BCUT2D eigenvalue weighted by Gasteiger charge is -2.07. The lowest BCUT2D eigenvalue weighted by atomic mass is 9.98. The minimum atomic E-state index is 0.607. The van der Waals surface area contributed by atoms with Gasteiger partial charge in [0.15, 0.2) is 0 Å². The molecule has 0 unspecified atom stereocenters. The summed E-state index contributed by atoms with van der Waals surface area (Å²) in [6, 6.07) is 21.0. The summed E-state index contributed by atoms with van der Waals surface area (Å²) in [7, 11) is 0.